The minimum Gasteiger partial charge on any atom is -0.282 e. The van der Waals surface area contributed by atoms with Crippen LogP contribution in [0.1, 0.15) is 19.4 Å². The number of rotatable bonds is 2. The molecule has 2 heteroatoms. The third-order valence-electron chi connectivity index (χ3n) is 2.16. The van der Waals surface area contributed by atoms with Gasteiger partial charge in [-0.25, -0.2) is 0 Å². The molecular formula is C11H11NO. The van der Waals surface area contributed by atoms with Crippen LogP contribution in [0.25, 0.3) is 0 Å². The van der Waals surface area contributed by atoms with Crippen LogP contribution in [0.15, 0.2) is 30.3 Å². The first-order valence-electron chi connectivity index (χ1n) is 4.09. The van der Waals surface area contributed by atoms with Gasteiger partial charge in [-0.3, -0.25) is 4.79 Å². The van der Waals surface area contributed by atoms with Crippen molar-refractivity contribution in [3.8, 4) is 6.07 Å². The van der Waals surface area contributed by atoms with Crippen molar-refractivity contribution in [3.63, 3.8) is 0 Å². The van der Waals surface area contributed by atoms with Crippen LogP contribution in [-0.4, -0.2) is 5.78 Å². The van der Waals surface area contributed by atoms with E-state index in [0.717, 1.165) is 5.56 Å². The van der Waals surface area contributed by atoms with Crippen molar-refractivity contribution in [2.75, 3.05) is 0 Å². The molecule has 0 spiro atoms. The number of nitriles is 1. The van der Waals surface area contributed by atoms with E-state index in [9.17, 15) is 4.79 Å². The molecule has 0 aromatic heterocycles. The monoisotopic (exact) mass is 173 g/mol. The van der Waals surface area contributed by atoms with E-state index in [1.165, 1.54) is 0 Å². The molecule has 1 aromatic carbocycles. The Labute approximate surface area is 77.8 Å². The molecule has 0 aliphatic heterocycles. The first kappa shape index (κ1) is 9.47. The highest BCUT2D eigenvalue weighted by molar-refractivity contribution is 6.01. The number of Topliss-reactive ketones (excluding diaryl/α,β-unsaturated/α-hetero) is 1. The maximum absolute atomic E-state index is 11.3. The van der Waals surface area contributed by atoms with Crippen LogP contribution in [0.4, 0.5) is 0 Å². The fraction of sp³-hybridized carbons (Fsp3) is 0.273. The number of benzene rings is 1. The molecule has 0 atom stereocenters. The maximum atomic E-state index is 11.3. The molecule has 0 fully saturated rings. The summed E-state index contributed by atoms with van der Waals surface area (Å²) in [4.78, 5) is 11.3. The van der Waals surface area contributed by atoms with Crippen LogP contribution in [0.3, 0.4) is 0 Å². The largest absolute Gasteiger partial charge is 0.282 e. The number of hydrogen-bond donors (Lipinski definition) is 0. The normalized spacial score (nSPS) is 10.5. The van der Waals surface area contributed by atoms with E-state index >= 15 is 0 Å². The lowest BCUT2D eigenvalue weighted by Gasteiger charge is -2.19. The Hall–Kier alpha value is -1.62. The minimum atomic E-state index is -0.698. The second-order valence-electron chi connectivity index (χ2n) is 3.43. The Balaban J connectivity index is 3.09. The average molecular weight is 173 g/mol. The van der Waals surface area contributed by atoms with Gasteiger partial charge in [0.05, 0.1) is 5.41 Å². The summed E-state index contributed by atoms with van der Waals surface area (Å²) >= 11 is 0. The molecule has 0 radical (unpaired) electrons. The topological polar surface area (TPSA) is 40.9 Å². The molecule has 0 bridgehead atoms. The smallest absolute Gasteiger partial charge is 0.241 e. The summed E-state index contributed by atoms with van der Waals surface area (Å²) in [6, 6.07) is 11.0. The molecule has 1 rings (SSSR count). The molecule has 0 unspecified atom stereocenters. The van der Waals surface area contributed by atoms with Crippen molar-refractivity contribution < 1.29 is 4.79 Å². The minimum absolute atomic E-state index is 0.404. The summed E-state index contributed by atoms with van der Waals surface area (Å²) in [7, 11) is 0. The van der Waals surface area contributed by atoms with Gasteiger partial charge in [-0.2, -0.15) is 5.26 Å². The zero-order chi connectivity index (χ0) is 9.90. The predicted octanol–water partition coefficient (Wildman–Crippen LogP) is 2.06. The summed E-state index contributed by atoms with van der Waals surface area (Å²) in [5, 5.41) is 8.53. The first-order valence-corrected chi connectivity index (χ1v) is 4.09. The zero-order valence-corrected chi connectivity index (χ0v) is 7.74. The van der Waals surface area contributed by atoms with Crippen molar-refractivity contribution in [1.82, 2.24) is 0 Å². The highest BCUT2D eigenvalue weighted by atomic mass is 16.1. The molecular weight excluding hydrogens is 162 g/mol. The molecule has 0 aliphatic carbocycles. The SMILES string of the molecule is CC(C)(C(=O)C#N)c1ccccc1. The van der Waals surface area contributed by atoms with E-state index in [4.69, 9.17) is 5.26 Å². The van der Waals surface area contributed by atoms with E-state index in [0.29, 0.717) is 0 Å². The van der Waals surface area contributed by atoms with Crippen LogP contribution in [0.5, 0.6) is 0 Å². The quantitative estimate of drug-likeness (QED) is 0.642. The summed E-state index contributed by atoms with van der Waals surface area (Å²) in [6.07, 6.45) is 0. The molecule has 2 nitrogen and oxygen atoms in total. The number of ketones is 1. The van der Waals surface area contributed by atoms with Gasteiger partial charge in [0.1, 0.15) is 6.07 Å². The Morgan fingerprint density at radius 1 is 1.31 bits per heavy atom. The lowest BCUT2D eigenvalue weighted by atomic mass is 9.81. The highest BCUT2D eigenvalue weighted by Gasteiger charge is 2.28. The van der Waals surface area contributed by atoms with Gasteiger partial charge in [-0.1, -0.05) is 30.3 Å². The summed E-state index contributed by atoms with van der Waals surface area (Å²) in [5.74, 6) is -0.404. The van der Waals surface area contributed by atoms with Gasteiger partial charge in [-0.05, 0) is 19.4 Å². The Morgan fingerprint density at radius 3 is 2.31 bits per heavy atom. The molecule has 13 heavy (non-hydrogen) atoms. The van der Waals surface area contributed by atoms with Crippen LogP contribution in [-0.2, 0) is 10.2 Å². The first-order chi connectivity index (χ1) is 6.09. The molecule has 1 aromatic rings. The number of carbonyl (C=O) groups excluding carboxylic acids is 1. The van der Waals surface area contributed by atoms with Crippen LogP contribution in [0, 0.1) is 11.3 Å². The number of hydrogen-bond acceptors (Lipinski definition) is 2. The summed E-state index contributed by atoms with van der Waals surface area (Å²) in [5.41, 5.74) is 0.178. The lowest BCUT2D eigenvalue weighted by molar-refractivity contribution is -0.118. The highest BCUT2D eigenvalue weighted by Crippen LogP contribution is 2.23. The zero-order valence-electron chi connectivity index (χ0n) is 7.74. The van der Waals surface area contributed by atoms with Gasteiger partial charge in [-0.15, -0.1) is 0 Å². The van der Waals surface area contributed by atoms with Crippen LogP contribution in [0.2, 0.25) is 0 Å². The van der Waals surface area contributed by atoms with Gasteiger partial charge >= 0.3 is 0 Å². The van der Waals surface area contributed by atoms with E-state index in [-0.39, 0.29) is 0 Å². The second-order valence-corrected chi connectivity index (χ2v) is 3.43. The van der Waals surface area contributed by atoms with Crippen molar-refractivity contribution >= 4 is 5.78 Å². The van der Waals surface area contributed by atoms with E-state index in [2.05, 4.69) is 0 Å². The third kappa shape index (κ3) is 1.75. The fourth-order valence-electron chi connectivity index (χ4n) is 1.13. The Kier molecular flexibility index (Phi) is 2.48. The molecule has 0 heterocycles. The van der Waals surface area contributed by atoms with Crippen LogP contribution >= 0.6 is 0 Å². The average Bonchev–Trinajstić information content (AvgIpc) is 2.18. The van der Waals surface area contributed by atoms with Gasteiger partial charge in [0.25, 0.3) is 0 Å². The third-order valence-corrected chi connectivity index (χ3v) is 2.16. The molecule has 0 saturated carbocycles. The number of carbonyl (C=O) groups is 1. The molecule has 0 saturated heterocycles. The van der Waals surface area contributed by atoms with Crippen molar-refractivity contribution in [1.29, 1.82) is 5.26 Å². The van der Waals surface area contributed by atoms with Crippen molar-refractivity contribution in [2.24, 2.45) is 0 Å². The van der Waals surface area contributed by atoms with Gasteiger partial charge in [0.2, 0.25) is 5.78 Å². The Bertz CT molecular complexity index is 346. The van der Waals surface area contributed by atoms with E-state index in [1.54, 1.807) is 19.9 Å². The molecule has 66 valence electrons. The van der Waals surface area contributed by atoms with Gasteiger partial charge in [0.15, 0.2) is 0 Å². The summed E-state index contributed by atoms with van der Waals surface area (Å²) < 4.78 is 0. The van der Waals surface area contributed by atoms with Gasteiger partial charge < -0.3 is 0 Å². The van der Waals surface area contributed by atoms with Crippen LogP contribution < -0.4 is 0 Å². The Morgan fingerprint density at radius 2 is 1.85 bits per heavy atom. The maximum Gasteiger partial charge on any atom is 0.241 e. The standard InChI is InChI=1S/C11H11NO/c1-11(2,10(13)8-12)9-6-4-3-5-7-9/h3-7H,1-2H3. The van der Waals surface area contributed by atoms with Crippen molar-refractivity contribution in [2.45, 2.75) is 19.3 Å². The van der Waals surface area contributed by atoms with Gasteiger partial charge in [0, 0.05) is 0 Å². The summed E-state index contributed by atoms with van der Waals surface area (Å²) in [6.45, 7) is 3.52. The van der Waals surface area contributed by atoms with E-state index in [1.807, 2.05) is 30.3 Å². The molecule has 0 aliphatic rings. The predicted molar refractivity (Wildman–Crippen MR) is 50.1 cm³/mol. The molecule has 0 N–H and O–H groups in total. The molecule has 0 amide bonds. The van der Waals surface area contributed by atoms with E-state index < -0.39 is 11.2 Å². The van der Waals surface area contributed by atoms with Crippen molar-refractivity contribution in [3.05, 3.63) is 35.9 Å². The lowest BCUT2D eigenvalue weighted by Crippen LogP contribution is -2.27. The fourth-order valence-corrected chi connectivity index (χ4v) is 1.13. The second kappa shape index (κ2) is 3.40. The number of nitrogens with zero attached hydrogens (tertiary/aromatic N) is 1.